The van der Waals surface area contributed by atoms with E-state index < -0.39 is 14.9 Å². The number of hydrogen-bond acceptors (Lipinski definition) is 5. The van der Waals surface area contributed by atoms with Crippen LogP contribution < -0.4 is 10.5 Å². The van der Waals surface area contributed by atoms with Crippen LogP contribution in [-0.4, -0.2) is 25.9 Å². The van der Waals surface area contributed by atoms with Gasteiger partial charge in [0.15, 0.2) is 0 Å². The molecule has 1 fully saturated rings. The van der Waals surface area contributed by atoms with Gasteiger partial charge in [-0.1, -0.05) is 13.0 Å². The highest BCUT2D eigenvalue weighted by atomic mass is 35.5. The summed E-state index contributed by atoms with van der Waals surface area (Å²) in [5.41, 5.74) is 5.93. The van der Waals surface area contributed by atoms with Gasteiger partial charge in [0.25, 0.3) is 5.69 Å². The summed E-state index contributed by atoms with van der Waals surface area (Å²) in [6.45, 7) is 2.03. The van der Waals surface area contributed by atoms with E-state index in [2.05, 4.69) is 4.72 Å². The van der Waals surface area contributed by atoms with Crippen LogP contribution in [0.3, 0.4) is 0 Å². The maximum absolute atomic E-state index is 12.5. The summed E-state index contributed by atoms with van der Waals surface area (Å²) < 4.78 is 27.6. The maximum atomic E-state index is 12.5. The van der Waals surface area contributed by atoms with E-state index in [0.717, 1.165) is 18.9 Å². The Labute approximate surface area is 135 Å². The first-order valence-electron chi connectivity index (χ1n) is 6.88. The van der Waals surface area contributed by atoms with E-state index in [0.29, 0.717) is 12.0 Å². The molecule has 1 aromatic carbocycles. The standard InChI is InChI=1S/C13H19N3O4S.ClH/c1-2-9-5-6-11(16(17)18)7-13(9)21(19,20)15-12(8-14)10-3-4-10;/h5-7,10,12,15H,2-4,8,14H2,1H3;1H. The first-order chi connectivity index (χ1) is 9.89. The summed E-state index contributed by atoms with van der Waals surface area (Å²) in [7, 11) is -3.81. The number of nitrogens with zero attached hydrogens (tertiary/aromatic N) is 1. The second-order valence-electron chi connectivity index (χ2n) is 5.20. The van der Waals surface area contributed by atoms with Crippen LogP contribution in [0.15, 0.2) is 23.1 Å². The van der Waals surface area contributed by atoms with Crippen LogP contribution in [0.25, 0.3) is 0 Å². The molecule has 22 heavy (non-hydrogen) atoms. The van der Waals surface area contributed by atoms with Crippen molar-refractivity contribution >= 4 is 28.1 Å². The maximum Gasteiger partial charge on any atom is 0.270 e. The number of nitro benzene ring substituents is 1. The minimum atomic E-state index is -3.81. The molecule has 0 spiro atoms. The van der Waals surface area contributed by atoms with Gasteiger partial charge in [-0.05, 0) is 30.7 Å². The van der Waals surface area contributed by atoms with Gasteiger partial charge in [0.2, 0.25) is 10.0 Å². The molecule has 3 N–H and O–H groups in total. The van der Waals surface area contributed by atoms with E-state index >= 15 is 0 Å². The van der Waals surface area contributed by atoms with Gasteiger partial charge in [-0.25, -0.2) is 13.1 Å². The summed E-state index contributed by atoms with van der Waals surface area (Å²) in [5, 5.41) is 10.8. The molecule has 1 atom stereocenters. The lowest BCUT2D eigenvalue weighted by atomic mass is 10.1. The Bertz CT molecular complexity index is 647. The topological polar surface area (TPSA) is 115 Å². The summed E-state index contributed by atoms with van der Waals surface area (Å²) in [4.78, 5) is 10.2. The molecule has 0 heterocycles. The normalized spacial score (nSPS) is 15.9. The number of nitro groups is 1. The van der Waals surface area contributed by atoms with Crippen LogP contribution in [0.2, 0.25) is 0 Å². The van der Waals surface area contributed by atoms with Crippen LogP contribution in [-0.2, 0) is 16.4 Å². The average Bonchev–Trinajstić information content (AvgIpc) is 3.28. The molecular weight excluding hydrogens is 330 g/mol. The average molecular weight is 350 g/mol. The summed E-state index contributed by atoms with van der Waals surface area (Å²) in [5.74, 6) is 0.272. The van der Waals surface area contributed by atoms with E-state index in [9.17, 15) is 18.5 Å². The predicted molar refractivity (Wildman–Crippen MR) is 85.6 cm³/mol. The summed E-state index contributed by atoms with van der Waals surface area (Å²) in [6.07, 6.45) is 2.39. The van der Waals surface area contributed by atoms with E-state index in [1.54, 1.807) is 0 Å². The smallest absolute Gasteiger partial charge is 0.270 e. The summed E-state index contributed by atoms with van der Waals surface area (Å²) >= 11 is 0. The number of nitrogens with one attached hydrogen (secondary N) is 1. The lowest BCUT2D eigenvalue weighted by molar-refractivity contribution is -0.385. The zero-order chi connectivity index (χ0) is 15.6. The van der Waals surface area contributed by atoms with Crippen molar-refractivity contribution in [3.05, 3.63) is 33.9 Å². The third-order valence-electron chi connectivity index (χ3n) is 3.68. The Kier molecular flexibility index (Phi) is 6.30. The second kappa shape index (κ2) is 7.36. The number of halogens is 1. The molecule has 1 aliphatic carbocycles. The quantitative estimate of drug-likeness (QED) is 0.573. The Morgan fingerprint density at radius 3 is 2.55 bits per heavy atom. The minimum absolute atomic E-state index is 0. The van der Waals surface area contributed by atoms with Crippen molar-refractivity contribution in [2.45, 2.75) is 37.1 Å². The Balaban J connectivity index is 0.00000242. The second-order valence-corrected chi connectivity index (χ2v) is 6.89. The van der Waals surface area contributed by atoms with Gasteiger partial charge in [0, 0.05) is 24.7 Å². The van der Waals surface area contributed by atoms with Crippen molar-refractivity contribution < 1.29 is 13.3 Å². The van der Waals surface area contributed by atoms with Crippen molar-refractivity contribution in [3.8, 4) is 0 Å². The lowest BCUT2D eigenvalue weighted by Crippen LogP contribution is -2.41. The van der Waals surface area contributed by atoms with Crippen molar-refractivity contribution in [2.24, 2.45) is 11.7 Å². The van der Waals surface area contributed by atoms with Crippen LogP contribution in [0.5, 0.6) is 0 Å². The third-order valence-corrected chi connectivity index (χ3v) is 5.26. The van der Waals surface area contributed by atoms with Gasteiger partial charge in [0.1, 0.15) is 0 Å². The highest BCUT2D eigenvalue weighted by Crippen LogP contribution is 2.33. The molecule has 2 rings (SSSR count). The Morgan fingerprint density at radius 2 is 2.09 bits per heavy atom. The van der Waals surface area contributed by atoms with Crippen molar-refractivity contribution in [2.75, 3.05) is 6.54 Å². The third kappa shape index (κ3) is 4.16. The molecule has 0 radical (unpaired) electrons. The highest BCUT2D eigenvalue weighted by Gasteiger charge is 2.34. The molecule has 0 bridgehead atoms. The van der Waals surface area contributed by atoms with Crippen LogP contribution >= 0.6 is 12.4 Å². The fourth-order valence-corrected chi connectivity index (χ4v) is 3.94. The predicted octanol–water partition coefficient (Wildman–Crippen LogP) is 1.59. The largest absolute Gasteiger partial charge is 0.329 e. The minimum Gasteiger partial charge on any atom is -0.329 e. The number of hydrogen-bond donors (Lipinski definition) is 2. The number of aryl methyl sites for hydroxylation is 1. The first-order valence-corrected chi connectivity index (χ1v) is 8.37. The zero-order valence-corrected chi connectivity index (χ0v) is 13.8. The van der Waals surface area contributed by atoms with Crippen molar-refractivity contribution in [1.82, 2.24) is 4.72 Å². The molecule has 9 heteroatoms. The molecule has 1 aliphatic rings. The number of rotatable bonds is 7. The fourth-order valence-electron chi connectivity index (χ4n) is 2.30. The monoisotopic (exact) mass is 349 g/mol. The Morgan fingerprint density at radius 1 is 1.45 bits per heavy atom. The highest BCUT2D eigenvalue weighted by molar-refractivity contribution is 7.89. The first kappa shape index (κ1) is 18.8. The molecule has 1 aromatic rings. The molecule has 7 nitrogen and oxygen atoms in total. The van der Waals surface area contributed by atoms with Gasteiger partial charge in [-0.15, -0.1) is 12.4 Å². The molecule has 0 saturated heterocycles. The van der Waals surface area contributed by atoms with Gasteiger partial charge in [-0.3, -0.25) is 10.1 Å². The van der Waals surface area contributed by atoms with Crippen molar-refractivity contribution in [3.63, 3.8) is 0 Å². The van der Waals surface area contributed by atoms with Gasteiger partial charge in [0.05, 0.1) is 9.82 Å². The number of benzene rings is 1. The van der Waals surface area contributed by atoms with Crippen LogP contribution in [0.1, 0.15) is 25.3 Å². The van der Waals surface area contributed by atoms with Gasteiger partial charge in [-0.2, -0.15) is 0 Å². The molecular formula is C13H20ClN3O4S. The molecule has 0 aromatic heterocycles. The Hall–Kier alpha value is -1.22. The molecule has 0 aliphatic heterocycles. The molecule has 1 saturated carbocycles. The van der Waals surface area contributed by atoms with Crippen LogP contribution in [0, 0.1) is 16.0 Å². The number of non-ortho nitro benzene ring substituents is 1. The number of sulfonamides is 1. The van der Waals surface area contributed by atoms with E-state index in [-0.39, 0.29) is 41.5 Å². The SMILES string of the molecule is CCc1ccc([N+](=O)[O-])cc1S(=O)(=O)NC(CN)C1CC1.Cl. The van der Waals surface area contributed by atoms with Gasteiger partial charge < -0.3 is 5.73 Å². The molecule has 1 unspecified atom stereocenters. The number of nitrogens with two attached hydrogens (primary N) is 1. The zero-order valence-electron chi connectivity index (χ0n) is 12.2. The lowest BCUT2D eigenvalue weighted by Gasteiger charge is -2.17. The van der Waals surface area contributed by atoms with Gasteiger partial charge >= 0.3 is 0 Å². The van der Waals surface area contributed by atoms with Crippen molar-refractivity contribution in [1.29, 1.82) is 0 Å². The fraction of sp³-hybridized carbons (Fsp3) is 0.538. The van der Waals surface area contributed by atoms with E-state index in [1.165, 1.54) is 12.1 Å². The molecule has 124 valence electrons. The van der Waals surface area contributed by atoms with E-state index in [1.807, 2.05) is 6.92 Å². The molecule has 0 amide bonds. The van der Waals surface area contributed by atoms with E-state index in [4.69, 9.17) is 5.73 Å². The summed E-state index contributed by atoms with van der Waals surface area (Å²) in [6, 6.07) is 3.61. The van der Waals surface area contributed by atoms with Crippen LogP contribution in [0.4, 0.5) is 5.69 Å².